The molecule has 0 bridgehead atoms. The largest absolute Gasteiger partial charge is 0.354 e. The molecular weight excluding hydrogens is 304 g/mol. The molecule has 2 rings (SSSR count). The number of urea groups is 1. The molecule has 0 heterocycles. The van der Waals surface area contributed by atoms with Crippen LogP contribution in [0.25, 0.3) is 0 Å². The first-order valence-electron chi connectivity index (χ1n) is 7.81. The quantitative estimate of drug-likeness (QED) is 0.704. The number of nitrogens with one attached hydrogen (secondary N) is 3. The molecule has 0 saturated heterocycles. The highest BCUT2D eigenvalue weighted by Crippen LogP contribution is 2.27. The molecule has 0 spiro atoms. The van der Waals surface area contributed by atoms with Gasteiger partial charge in [-0.25, -0.2) is 13.6 Å². The van der Waals surface area contributed by atoms with E-state index in [1.54, 1.807) is 0 Å². The highest BCUT2D eigenvalue weighted by molar-refractivity contribution is 5.89. The summed E-state index contributed by atoms with van der Waals surface area (Å²) >= 11 is 0. The van der Waals surface area contributed by atoms with Gasteiger partial charge in [-0.2, -0.15) is 0 Å². The van der Waals surface area contributed by atoms with E-state index in [-0.39, 0.29) is 18.1 Å². The Kier molecular flexibility index (Phi) is 6.31. The number of hydrogen-bond donors (Lipinski definition) is 3. The van der Waals surface area contributed by atoms with Crippen molar-refractivity contribution in [1.29, 1.82) is 0 Å². The van der Waals surface area contributed by atoms with Gasteiger partial charge in [0.25, 0.3) is 0 Å². The third kappa shape index (κ3) is 5.84. The van der Waals surface area contributed by atoms with E-state index in [2.05, 4.69) is 16.0 Å². The van der Waals surface area contributed by atoms with E-state index in [1.165, 1.54) is 12.8 Å². The standard InChI is InChI=1S/C16H21F2N3O2/c17-12-5-6-13(18)14(10-12)21-16(23)20-8-7-19-15(22)9-11-3-1-2-4-11/h5-6,10-11H,1-4,7-9H2,(H,19,22)(H2,20,21,23). The third-order valence-electron chi connectivity index (χ3n) is 3.86. The fourth-order valence-corrected chi connectivity index (χ4v) is 2.69. The van der Waals surface area contributed by atoms with Crippen molar-refractivity contribution in [2.75, 3.05) is 18.4 Å². The Morgan fingerprint density at radius 1 is 1.09 bits per heavy atom. The van der Waals surface area contributed by atoms with Crippen LogP contribution in [0, 0.1) is 17.6 Å². The van der Waals surface area contributed by atoms with Crippen LogP contribution in [0.15, 0.2) is 18.2 Å². The SMILES string of the molecule is O=C(CC1CCCC1)NCCNC(=O)Nc1cc(F)ccc1F. The first kappa shape index (κ1) is 17.2. The van der Waals surface area contributed by atoms with Crippen LogP contribution in [0.2, 0.25) is 0 Å². The van der Waals surface area contributed by atoms with Gasteiger partial charge < -0.3 is 16.0 Å². The van der Waals surface area contributed by atoms with Gasteiger partial charge in [-0.15, -0.1) is 0 Å². The molecule has 1 aliphatic carbocycles. The van der Waals surface area contributed by atoms with Crippen LogP contribution in [0.1, 0.15) is 32.1 Å². The number of carbonyl (C=O) groups excluding carboxylic acids is 2. The maximum atomic E-state index is 13.4. The highest BCUT2D eigenvalue weighted by atomic mass is 19.1. The zero-order valence-electron chi connectivity index (χ0n) is 12.8. The number of rotatable bonds is 6. The molecule has 1 aromatic rings. The molecule has 7 heteroatoms. The van der Waals surface area contributed by atoms with Crippen LogP contribution >= 0.6 is 0 Å². The molecule has 1 saturated carbocycles. The molecule has 1 aliphatic rings. The predicted octanol–water partition coefficient (Wildman–Crippen LogP) is 2.78. The molecule has 0 unspecified atom stereocenters. The minimum absolute atomic E-state index is 0.0183. The minimum atomic E-state index is -0.716. The van der Waals surface area contributed by atoms with Crippen molar-refractivity contribution >= 4 is 17.6 Å². The van der Waals surface area contributed by atoms with E-state index in [4.69, 9.17) is 0 Å². The first-order valence-corrected chi connectivity index (χ1v) is 7.81. The maximum absolute atomic E-state index is 13.4. The lowest BCUT2D eigenvalue weighted by Gasteiger charge is -2.11. The lowest BCUT2D eigenvalue weighted by Crippen LogP contribution is -2.37. The second kappa shape index (κ2) is 8.45. The summed E-state index contributed by atoms with van der Waals surface area (Å²) in [6, 6.07) is 2.16. The molecule has 126 valence electrons. The molecule has 0 radical (unpaired) electrons. The number of carbonyl (C=O) groups is 2. The number of hydrogen-bond acceptors (Lipinski definition) is 2. The van der Waals surface area contributed by atoms with Gasteiger partial charge in [0.15, 0.2) is 0 Å². The second-order valence-electron chi connectivity index (χ2n) is 5.71. The fraction of sp³-hybridized carbons (Fsp3) is 0.500. The molecular formula is C16H21F2N3O2. The summed E-state index contributed by atoms with van der Waals surface area (Å²) in [6.45, 7) is 0.504. The van der Waals surface area contributed by atoms with Crippen molar-refractivity contribution in [3.05, 3.63) is 29.8 Å². The van der Waals surface area contributed by atoms with E-state index in [9.17, 15) is 18.4 Å². The van der Waals surface area contributed by atoms with E-state index in [0.29, 0.717) is 18.9 Å². The van der Waals surface area contributed by atoms with Crippen LogP contribution < -0.4 is 16.0 Å². The zero-order chi connectivity index (χ0) is 16.7. The second-order valence-corrected chi connectivity index (χ2v) is 5.71. The van der Waals surface area contributed by atoms with E-state index < -0.39 is 17.7 Å². The van der Waals surface area contributed by atoms with Gasteiger partial charge in [0.05, 0.1) is 5.69 Å². The monoisotopic (exact) mass is 325 g/mol. The molecule has 23 heavy (non-hydrogen) atoms. The third-order valence-corrected chi connectivity index (χ3v) is 3.86. The Morgan fingerprint density at radius 2 is 1.78 bits per heavy atom. The van der Waals surface area contributed by atoms with Crippen molar-refractivity contribution < 1.29 is 18.4 Å². The summed E-state index contributed by atoms with van der Waals surface area (Å²) in [5.74, 6) is -0.898. The summed E-state index contributed by atoms with van der Waals surface area (Å²) in [4.78, 5) is 23.3. The lowest BCUT2D eigenvalue weighted by atomic mass is 10.0. The number of amides is 3. The first-order chi connectivity index (χ1) is 11.0. The van der Waals surface area contributed by atoms with Crippen molar-refractivity contribution in [1.82, 2.24) is 10.6 Å². The Bertz CT molecular complexity index is 560. The number of halogens is 2. The predicted molar refractivity (Wildman–Crippen MR) is 83.0 cm³/mol. The van der Waals surface area contributed by atoms with Crippen LogP contribution in [0.4, 0.5) is 19.3 Å². The van der Waals surface area contributed by atoms with Crippen molar-refractivity contribution in [3.63, 3.8) is 0 Å². The van der Waals surface area contributed by atoms with Crippen LogP contribution in [0.5, 0.6) is 0 Å². The summed E-state index contributed by atoms with van der Waals surface area (Å²) in [7, 11) is 0. The molecule has 0 atom stereocenters. The van der Waals surface area contributed by atoms with Gasteiger partial charge in [-0.05, 0) is 30.9 Å². The summed E-state index contributed by atoms with van der Waals surface area (Å²) in [6.07, 6.45) is 5.12. The van der Waals surface area contributed by atoms with Crippen molar-refractivity contribution in [2.45, 2.75) is 32.1 Å². The molecule has 3 N–H and O–H groups in total. The summed E-state index contributed by atoms with van der Waals surface area (Å²) < 4.78 is 26.3. The Balaban J connectivity index is 1.62. The van der Waals surface area contributed by atoms with Gasteiger partial charge in [-0.1, -0.05) is 12.8 Å². The van der Waals surface area contributed by atoms with Crippen LogP contribution in [-0.4, -0.2) is 25.0 Å². The van der Waals surface area contributed by atoms with Crippen molar-refractivity contribution in [2.24, 2.45) is 5.92 Å². The normalized spacial score (nSPS) is 14.5. The highest BCUT2D eigenvalue weighted by Gasteiger charge is 2.18. The number of benzene rings is 1. The van der Waals surface area contributed by atoms with Gasteiger partial charge in [-0.3, -0.25) is 4.79 Å². The van der Waals surface area contributed by atoms with E-state index in [1.807, 2.05) is 0 Å². The maximum Gasteiger partial charge on any atom is 0.319 e. The number of anilines is 1. The van der Waals surface area contributed by atoms with Crippen LogP contribution in [-0.2, 0) is 4.79 Å². The Morgan fingerprint density at radius 3 is 2.52 bits per heavy atom. The minimum Gasteiger partial charge on any atom is -0.354 e. The van der Waals surface area contributed by atoms with Crippen LogP contribution in [0.3, 0.4) is 0 Å². The molecule has 3 amide bonds. The molecule has 0 aromatic heterocycles. The summed E-state index contributed by atoms with van der Waals surface area (Å²) in [5, 5.41) is 7.43. The van der Waals surface area contributed by atoms with Crippen molar-refractivity contribution in [3.8, 4) is 0 Å². The topological polar surface area (TPSA) is 70.2 Å². The Labute approximate surface area is 133 Å². The average molecular weight is 325 g/mol. The van der Waals surface area contributed by atoms with E-state index >= 15 is 0 Å². The molecule has 1 aromatic carbocycles. The van der Waals surface area contributed by atoms with Gasteiger partial charge in [0.1, 0.15) is 11.6 Å². The Hall–Kier alpha value is -2.18. The molecule has 1 fully saturated rings. The van der Waals surface area contributed by atoms with Gasteiger partial charge in [0, 0.05) is 25.6 Å². The zero-order valence-corrected chi connectivity index (χ0v) is 12.8. The fourth-order valence-electron chi connectivity index (χ4n) is 2.69. The van der Waals surface area contributed by atoms with Gasteiger partial charge >= 0.3 is 6.03 Å². The lowest BCUT2D eigenvalue weighted by molar-refractivity contribution is -0.121. The van der Waals surface area contributed by atoms with E-state index in [0.717, 1.165) is 31.0 Å². The van der Waals surface area contributed by atoms with Gasteiger partial charge in [0.2, 0.25) is 5.91 Å². The molecule has 0 aliphatic heterocycles. The smallest absolute Gasteiger partial charge is 0.319 e. The summed E-state index contributed by atoms with van der Waals surface area (Å²) in [5.41, 5.74) is -0.229. The molecule has 5 nitrogen and oxygen atoms in total. The average Bonchev–Trinajstić information content (AvgIpc) is 3.00.